The predicted molar refractivity (Wildman–Crippen MR) is 72.5 cm³/mol. The Morgan fingerprint density at radius 1 is 1.39 bits per heavy atom. The lowest BCUT2D eigenvalue weighted by atomic mass is 9.97. The van der Waals surface area contributed by atoms with Gasteiger partial charge in [-0.05, 0) is 24.5 Å². The van der Waals surface area contributed by atoms with E-state index in [1.54, 1.807) is 10.6 Å². The molecule has 0 amide bonds. The van der Waals surface area contributed by atoms with Gasteiger partial charge in [-0.15, -0.1) is 12.4 Å². The molecule has 2 heterocycles. The van der Waals surface area contributed by atoms with Crippen LogP contribution in [0.5, 0.6) is 0 Å². The summed E-state index contributed by atoms with van der Waals surface area (Å²) < 4.78 is 1.63. The van der Waals surface area contributed by atoms with E-state index in [0.29, 0.717) is 11.9 Å². The summed E-state index contributed by atoms with van der Waals surface area (Å²) >= 11 is 0. The molecule has 18 heavy (non-hydrogen) atoms. The van der Waals surface area contributed by atoms with E-state index in [9.17, 15) is 9.59 Å². The van der Waals surface area contributed by atoms with E-state index in [0.717, 1.165) is 23.9 Å². The van der Waals surface area contributed by atoms with E-state index in [-0.39, 0.29) is 29.7 Å². The molecule has 6 heteroatoms. The van der Waals surface area contributed by atoms with E-state index in [1.165, 1.54) is 0 Å². The third-order valence-corrected chi connectivity index (χ3v) is 3.43. The minimum absolute atomic E-state index is 0. The van der Waals surface area contributed by atoms with Crippen molar-refractivity contribution in [3.63, 3.8) is 0 Å². The quantitative estimate of drug-likeness (QED) is 0.792. The van der Waals surface area contributed by atoms with Crippen LogP contribution >= 0.6 is 12.4 Å². The van der Waals surface area contributed by atoms with E-state index in [4.69, 9.17) is 5.73 Å². The average molecular weight is 268 g/mol. The zero-order valence-electron chi connectivity index (χ0n) is 9.68. The van der Waals surface area contributed by atoms with Gasteiger partial charge in [-0.2, -0.15) is 0 Å². The topological polar surface area (TPSA) is 80.9 Å². The second-order valence-corrected chi connectivity index (χ2v) is 4.37. The summed E-state index contributed by atoms with van der Waals surface area (Å²) in [6.07, 6.45) is 1.71. The van der Waals surface area contributed by atoms with Crippen LogP contribution in [0.15, 0.2) is 27.8 Å². The SMILES string of the molecule is Cl.NCC1CCc2cccc3c(=O)[nH]c(=O)n1c23. The Labute approximate surface area is 109 Å². The fourth-order valence-electron chi connectivity index (χ4n) is 2.61. The molecule has 1 aliphatic rings. The molecule has 3 rings (SSSR count). The fourth-order valence-corrected chi connectivity index (χ4v) is 2.61. The van der Waals surface area contributed by atoms with Gasteiger partial charge < -0.3 is 5.73 Å². The van der Waals surface area contributed by atoms with Crippen molar-refractivity contribution >= 4 is 23.3 Å². The van der Waals surface area contributed by atoms with Crippen LogP contribution in [0.25, 0.3) is 10.9 Å². The Kier molecular flexibility index (Phi) is 3.28. The number of hydrogen-bond acceptors (Lipinski definition) is 3. The molecule has 0 fully saturated rings. The Hall–Kier alpha value is -1.59. The Balaban J connectivity index is 0.00000120. The van der Waals surface area contributed by atoms with Crippen LogP contribution in [0, 0.1) is 0 Å². The minimum Gasteiger partial charge on any atom is -0.328 e. The van der Waals surface area contributed by atoms with Gasteiger partial charge in [0, 0.05) is 6.54 Å². The van der Waals surface area contributed by atoms with Gasteiger partial charge in [0.25, 0.3) is 5.56 Å². The maximum absolute atomic E-state index is 11.9. The lowest BCUT2D eigenvalue weighted by Gasteiger charge is -2.26. The molecule has 0 aliphatic carbocycles. The van der Waals surface area contributed by atoms with Gasteiger partial charge in [-0.1, -0.05) is 12.1 Å². The largest absolute Gasteiger partial charge is 0.329 e. The number of aromatic nitrogens is 2. The second-order valence-electron chi connectivity index (χ2n) is 4.37. The summed E-state index contributed by atoms with van der Waals surface area (Å²) in [4.78, 5) is 26.0. The van der Waals surface area contributed by atoms with Crippen molar-refractivity contribution in [1.82, 2.24) is 9.55 Å². The van der Waals surface area contributed by atoms with Crippen molar-refractivity contribution in [1.29, 1.82) is 0 Å². The van der Waals surface area contributed by atoms with Crippen LogP contribution in [-0.2, 0) is 6.42 Å². The first-order valence-corrected chi connectivity index (χ1v) is 5.69. The number of nitrogens with one attached hydrogen (secondary N) is 1. The van der Waals surface area contributed by atoms with Crippen molar-refractivity contribution in [3.05, 3.63) is 44.6 Å². The van der Waals surface area contributed by atoms with Crippen molar-refractivity contribution in [3.8, 4) is 0 Å². The summed E-state index contributed by atoms with van der Waals surface area (Å²) in [5.74, 6) is 0. The molecule has 5 nitrogen and oxygen atoms in total. The molecule has 1 aliphatic heterocycles. The van der Waals surface area contributed by atoms with Gasteiger partial charge in [-0.3, -0.25) is 14.3 Å². The maximum Gasteiger partial charge on any atom is 0.329 e. The molecule has 0 saturated heterocycles. The van der Waals surface area contributed by atoms with Crippen LogP contribution < -0.4 is 17.0 Å². The Morgan fingerprint density at radius 2 is 2.17 bits per heavy atom. The van der Waals surface area contributed by atoms with Gasteiger partial charge in [-0.25, -0.2) is 4.79 Å². The van der Waals surface area contributed by atoms with Crippen LogP contribution in [0.1, 0.15) is 18.0 Å². The summed E-state index contributed by atoms with van der Waals surface area (Å²) in [5.41, 5.74) is 6.82. The van der Waals surface area contributed by atoms with Gasteiger partial charge in [0.15, 0.2) is 0 Å². The average Bonchev–Trinajstić information content (AvgIpc) is 2.35. The van der Waals surface area contributed by atoms with Crippen LogP contribution in [0.4, 0.5) is 0 Å². The monoisotopic (exact) mass is 267 g/mol. The molecular formula is C12H14ClN3O2. The van der Waals surface area contributed by atoms with Crippen molar-refractivity contribution in [2.24, 2.45) is 5.73 Å². The molecule has 1 aromatic carbocycles. The molecule has 1 aromatic heterocycles. The number of aromatic amines is 1. The van der Waals surface area contributed by atoms with Crippen molar-refractivity contribution in [2.75, 3.05) is 6.54 Å². The third kappa shape index (κ3) is 1.67. The summed E-state index contributed by atoms with van der Waals surface area (Å²) in [5, 5.41) is 0.570. The number of H-pyrrole nitrogens is 1. The summed E-state index contributed by atoms with van der Waals surface area (Å²) in [6.45, 7) is 0.412. The molecule has 0 bridgehead atoms. The molecule has 1 atom stereocenters. The highest BCUT2D eigenvalue weighted by Gasteiger charge is 2.22. The van der Waals surface area contributed by atoms with Gasteiger partial charge in [0.2, 0.25) is 0 Å². The van der Waals surface area contributed by atoms with Gasteiger partial charge >= 0.3 is 5.69 Å². The molecule has 3 N–H and O–H groups in total. The summed E-state index contributed by atoms with van der Waals surface area (Å²) in [6, 6.07) is 5.54. The van der Waals surface area contributed by atoms with E-state index in [1.807, 2.05) is 12.1 Å². The molecule has 96 valence electrons. The highest BCUT2D eigenvalue weighted by Crippen LogP contribution is 2.26. The summed E-state index contributed by atoms with van der Waals surface area (Å²) in [7, 11) is 0. The molecule has 0 spiro atoms. The molecule has 2 aromatic rings. The van der Waals surface area contributed by atoms with Gasteiger partial charge in [0.1, 0.15) is 0 Å². The fraction of sp³-hybridized carbons (Fsp3) is 0.333. The molecule has 1 unspecified atom stereocenters. The molecule has 0 saturated carbocycles. The smallest absolute Gasteiger partial charge is 0.328 e. The minimum atomic E-state index is -0.356. The highest BCUT2D eigenvalue weighted by molar-refractivity contribution is 5.85. The Bertz CT molecular complexity index is 705. The number of aryl methyl sites for hydroxylation is 1. The second kappa shape index (κ2) is 4.59. The van der Waals surface area contributed by atoms with Gasteiger partial charge in [0.05, 0.1) is 16.9 Å². The number of para-hydroxylation sites is 1. The van der Waals surface area contributed by atoms with E-state index < -0.39 is 0 Å². The molecule has 0 radical (unpaired) electrons. The van der Waals surface area contributed by atoms with Crippen molar-refractivity contribution in [2.45, 2.75) is 18.9 Å². The first-order valence-electron chi connectivity index (χ1n) is 5.69. The number of nitrogens with two attached hydrogens (primary N) is 1. The van der Waals surface area contributed by atoms with E-state index >= 15 is 0 Å². The zero-order valence-corrected chi connectivity index (χ0v) is 10.5. The Morgan fingerprint density at radius 3 is 2.89 bits per heavy atom. The first-order chi connectivity index (χ1) is 8.22. The predicted octanol–water partition coefficient (Wildman–Crippen LogP) is 0.558. The number of halogens is 1. The lowest BCUT2D eigenvalue weighted by molar-refractivity contribution is 0.452. The number of benzene rings is 1. The number of hydrogen-bond donors (Lipinski definition) is 2. The van der Waals surface area contributed by atoms with Crippen LogP contribution in [-0.4, -0.2) is 16.1 Å². The van der Waals surface area contributed by atoms with E-state index in [2.05, 4.69) is 4.98 Å². The maximum atomic E-state index is 11.9. The molecular weight excluding hydrogens is 254 g/mol. The van der Waals surface area contributed by atoms with Crippen molar-refractivity contribution < 1.29 is 0 Å². The zero-order chi connectivity index (χ0) is 12.0. The highest BCUT2D eigenvalue weighted by atomic mass is 35.5. The lowest BCUT2D eigenvalue weighted by Crippen LogP contribution is -2.38. The first kappa shape index (κ1) is 12.9. The standard InChI is InChI=1S/C12H13N3O2.ClH/c13-6-8-5-4-7-2-1-3-9-10(7)15(8)12(17)14-11(9)16;/h1-3,8H,4-6,13H2,(H,14,16,17);1H. The van der Waals surface area contributed by atoms with Crippen LogP contribution in [0.3, 0.4) is 0 Å². The van der Waals surface area contributed by atoms with Crippen LogP contribution in [0.2, 0.25) is 0 Å². The number of rotatable bonds is 1. The third-order valence-electron chi connectivity index (χ3n) is 3.43. The number of nitrogens with zero attached hydrogens (tertiary/aromatic N) is 1. The normalized spacial score (nSPS) is 17.5.